The minimum absolute atomic E-state index is 0.275. The van der Waals surface area contributed by atoms with Gasteiger partial charge >= 0.3 is 0 Å². The molecule has 0 bridgehead atoms. The van der Waals surface area contributed by atoms with E-state index in [1.54, 1.807) is 46.6 Å². The van der Waals surface area contributed by atoms with Crippen LogP contribution in [0.15, 0.2) is 46.7 Å². The monoisotopic (exact) mass is 434 g/mol. The third-order valence-corrected chi connectivity index (χ3v) is 5.29. The van der Waals surface area contributed by atoms with Crippen LogP contribution >= 0.6 is 27.3 Å². The second-order valence-electron chi connectivity index (χ2n) is 5.60. The lowest BCUT2D eigenvalue weighted by Crippen LogP contribution is -2.07. The molecule has 0 saturated carbocycles. The van der Waals surface area contributed by atoms with Gasteiger partial charge in [-0.3, -0.25) is 9.48 Å². The number of nitrogens with one attached hydrogen (secondary N) is 1. The van der Waals surface area contributed by atoms with Crippen LogP contribution < -0.4 is 5.32 Å². The summed E-state index contributed by atoms with van der Waals surface area (Å²) in [6.07, 6.45) is 7.27. The Kier molecular flexibility index (Phi) is 5.95. The normalized spacial score (nSPS) is 11.2. The minimum atomic E-state index is -0.340. The van der Waals surface area contributed by atoms with Crippen molar-refractivity contribution in [1.82, 2.24) is 14.8 Å². The van der Waals surface area contributed by atoms with Gasteiger partial charge in [-0.25, -0.2) is 9.37 Å². The van der Waals surface area contributed by atoms with Crippen molar-refractivity contribution in [2.45, 2.75) is 19.9 Å². The van der Waals surface area contributed by atoms with Crippen molar-refractivity contribution < 1.29 is 9.18 Å². The number of anilines is 1. The van der Waals surface area contributed by atoms with Crippen LogP contribution in [0.25, 0.3) is 6.08 Å². The zero-order valence-electron chi connectivity index (χ0n) is 13.9. The van der Waals surface area contributed by atoms with Gasteiger partial charge in [0.05, 0.1) is 27.6 Å². The van der Waals surface area contributed by atoms with Crippen molar-refractivity contribution in [3.8, 4) is 0 Å². The summed E-state index contributed by atoms with van der Waals surface area (Å²) in [6.45, 7) is 2.71. The number of benzene rings is 1. The van der Waals surface area contributed by atoms with Crippen LogP contribution in [0.1, 0.15) is 16.1 Å². The first-order valence-electron chi connectivity index (χ1n) is 7.87. The van der Waals surface area contributed by atoms with Crippen LogP contribution in [0, 0.1) is 12.7 Å². The van der Waals surface area contributed by atoms with Gasteiger partial charge in [0, 0.05) is 30.1 Å². The van der Waals surface area contributed by atoms with Crippen molar-refractivity contribution in [2.24, 2.45) is 0 Å². The number of amides is 1. The Morgan fingerprint density at radius 1 is 1.46 bits per heavy atom. The summed E-state index contributed by atoms with van der Waals surface area (Å²) in [5.41, 5.74) is 4.24. The van der Waals surface area contributed by atoms with Gasteiger partial charge in [0.25, 0.3) is 0 Å². The van der Waals surface area contributed by atoms with Crippen LogP contribution in [0.4, 0.5) is 10.1 Å². The van der Waals surface area contributed by atoms with Crippen molar-refractivity contribution in [2.75, 3.05) is 5.32 Å². The lowest BCUT2D eigenvalue weighted by atomic mass is 10.2. The van der Waals surface area contributed by atoms with Crippen molar-refractivity contribution in [1.29, 1.82) is 0 Å². The molecular weight excluding hydrogens is 419 g/mol. The highest BCUT2D eigenvalue weighted by Gasteiger charge is 2.05. The molecule has 0 spiro atoms. The number of rotatable bonds is 6. The van der Waals surface area contributed by atoms with E-state index in [1.165, 1.54) is 17.0 Å². The average Bonchev–Trinajstić information content (AvgIpc) is 3.23. The molecule has 2 heterocycles. The number of thiazole rings is 1. The smallest absolute Gasteiger partial charge is 0.248 e. The van der Waals surface area contributed by atoms with Crippen molar-refractivity contribution in [3.63, 3.8) is 0 Å². The van der Waals surface area contributed by atoms with E-state index in [0.29, 0.717) is 10.2 Å². The molecule has 3 rings (SSSR count). The van der Waals surface area contributed by atoms with Crippen LogP contribution in [-0.2, 0) is 17.8 Å². The quantitative estimate of drug-likeness (QED) is 0.583. The minimum Gasteiger partial charge on any atom is -0.320 e. The standard InChI is InChI=1S/C18H16BrFN4OS/c1-12-17(26-11-21-12)6-7-24-10-14(9-22-24)23-18(25)5-3-13-2-4-16(20)15(19)8-13/h2-5,8-11H,6-7H2,1H3,(H,23,25)/b5-3+. The maximum Gasteiger partial charge on any atom is 0.248 e. The summed E-state index contributed by atoms with van der Waals surface area (Å²) in [6, 6.07) is 4.55. The molecule has 26 heavy (non-hydrogen) atoms. The first-order valence-corrected chi connectivity index (χ1v) is 9.54. The second-order valence-corrected chi connectivity index (χ2v) is 7.39. The molecule has 8 heteroatoms. The average molecular weight is 435 g/mol. The van der Waals surface area contributed by atoms with E-state index in [-0.39, 0.29) is 11.7 Å². The molecule has 0 unspecified atom stereocenters. The molecule has 0 aliphatic carbocycles. The van der Waals surface area contributed by atoms with Gasteiger partial charge in [0.1, 0.15) is 5.82 Å². The topological polar surface area (TPSA) is 59.8 Å². The number of nitrogens with zero attached hydrogens (tertiary/aromatic N) is 3. The first-order chi connectivity index (χ1) is 12.5. The molecular formula is C18H16BrFN4OS. The largest absolute Gasteiger partial charge is 0.320 e. The maximum absolute atomic E-state index is 13.2. The van der Waals surface area contributed by atoms with Gasteiger partial charge in [-0.05, 0) is 46.6 Å². The molecule has 0 fully saturated rings. The van der Waals surface area contributed by atoms with Crippen LogP contribution in [-0.4, -0.2) is 20.7 Å². The SMILES string of the molecule is Cc1ncsc1CCn1cc(NC(=O)/C=C/c2ccc(F)c(Br)c2)cn1. The first kappa shape index (κ1) is 18.5. The summed E-state index contributed by atoms with van der Waals surface area (Å²) in [5.74, 6) is -0.615. The summed E-state index contributed by atoms with van der Waals surface area (Å²) in [5, 5.41) is 7.01. The van der Waals surface area contributed by atoms with Crippen LogP contribution in [0.3, 0.4) is 0 Å². The Labute approximate surface area is 162 Å². The number of hydrogen-bond acceptors (Lipinski definition) is 4. The third-order valence-electron chi connectivity index (χ3n) is 3.68. The summed E-state index contributed by atoms with van der Waals surface area (Å²) >= 11 is 4.75. The van der Waals surface area contributed by atoms with E-state index in [2.05, 4.69) is 31.3 Å². The number of hydrogen-bond donors (Lipinski definition) is 1. The molecule has 134 valence electrons. The Hall–Kier alpha value is -2.32. The Balaban J connectivity index is 1.54. The van der Waals surface area contributed by atoms with E-state index in [1.807, 2.05) is 12.4 Å². The van der Waals surface area contributed by atoms with Crippen LogP contribution in [0.5, 0.6) is 0 Å². The Bertz CT molecular complexity index is 950. The fourth-order valence-electron chi connectivity index (χ4n) is 2.30. The molecule has 1 N–H and O–H groups in total. The van der Waals surface area contributed by atoms with Crippen molar-refractivity contribution >= 4 is 44.9 Å². The highest BCUT2D eigenvalue weighted by atomic mass is 79.9. The third kappa shape index (κ3) is 4.86. The van der Waals surface area contributed by atoms with E-state index >= 15 is 0 Å². The van der Waals surface area contributed by atoms with Gasteiger partial charge in [-0.1, -0.05) is 6.07 Å². The highest BCUT2D eigenvalue weighted by molar-refractivity contribution is 9.10. The molecule has 3 aromatic rings. The van der Waals surface area contributed by atoms with Gasteiger partial charge < -0.3 is 5.32 Å². The predicted molar refractivity (Wildman–Crippen MR) is 105 cm³/mol. The molecule has 0 aliphatic heterocycles. The van der Waals surface area contributed by atoms with E-state index in [9.17, 15) is 9.18 Å². The summed E-state index contributed by atoms with van der Waals surface area (Å²) in [7, 11) is 0. The zero-order chi connectivity index (χ0) is 18.5. The molecule has 1 amide bonds. The maximum atomic E-state index is 13.2. The molecule has 1 aromatic carbocycles. The molecule has 0 radical (unpaired) electrons. The highest BCUT2D eigenvalue weighted by Crippen LogP contribution is 2.18. The summed E-state index contributed by atoms with van der Waals surface area (Å²) < 4.78 is 15.3. The fourth-order valence-corrected chi connectivity index (χ4v) is 3.47. The van der Waals surface area contributed by atoms with Gasteiger partial charge in [0.15, 0.2) is 0 Å². The van der Waals surface area contributed by atoms with E-state index in [4.69, 9.17) is 0 Å². The van der Waals surface area contributed by atoms with Crippen LogP contribution in [0.2, 0.25) is 0 Å². The summed E-state index contributed by atoms with van der Waals surface area (Å²) in [4.78, 5) is 17.5. The number of carbonyl (C=O) groups excluding carboxylic acids is 1. The molecule has 0 saturated heterocycles. The number of halogens is 2. The lowest BCUT2D eigenvalue weighted by Gasteiger charge is -2.00. The fraction of sp³-hybridized carbons (Fsp3) is 0.167. The number of aromatic nitrogens is 3. The van der Waals surface area contributed by atoms with Gasteiger partial charge in [-0.15, -0.1) is 11.3 Å². The number of aryl methyl sites for hydroxylation is 3. The lowest BCUT2D eigenvalue weighted by molar-refractivity contribution is -0.111. The van der Waals surface area contributed by atoms with Gasteiger partial charge in [-0.2, -0.15) is 5.10 Å². The van der Waals surface area contributed by atoms with E-state index in [0.717, 1.165) is 24.2 Å². The second kappa shape index (κ2) is 8.37. The van der Waals surface area contributed by atoms with Crippen molar-refractivity contribution in [3.05, 3.63) is 68.6 Å². The Morgan fingerprint density at radius 3 is 3.04 bits per heavy atom. The Morgan fingerprint density at radius 2 is 2.31 bits per heavy atom. The number of carbonyl (C=O) groups is 1. The molecule has 0 atom stereocenters. The molecule has 2 aromatic heterocycles. The predicted octanol–water partition coefficient (Wildman–Crippen LogP) is 4.44. The zero-order valence-corrected chi connectivity index (χ0v) is 16.3. The van der Waals surface area contributed by atoms with E-state index < -0.39 is 0 Å². The molecule has 5 nitrogen and oxygen atoms in total. The molecule has 0 aliphatic rings. The van der Waals surface area contributed by atoms with Gasteiger partial charge in [0.2, 0.25) is 5.91 Å².